The zero-order chi connectivity index (χ0) is 26.4. The third kappa shape index (κ3) is 3.41. The van der Waals surface area contributed by atoms with Gasteiger partial charge in [-0.1, -0.05) is 20.4 Å². The van der Waals surface area contributed by atoms with Gasteiger partial charge in [-0.15, -0.1) is 0 Å². The number of fused-ring (bicyclic) bond motifs is 2. The lowest BCUT2D eigenvalue weighted by molar-refractivity contribution is -0.114. The number of ketones is 1. The van der Waals surface area contributed by atoms with E-state index in [2.05, 4.69) is 25.3 Å². The largest absolute Gasteiger partial charge is 0.511 e. The van der Waals surface area contributed by atoms with Gasteiger partial charge in [0.1, 0.15) is 17.3 Å². The van der Waals surface area contributed by atoms with E-state index in [0.717, 1.165) is 25.9 Å². The average molecular weight is 509 g/mol. The number of hydrogen-bond acceptors (Lipinski definition) is 6. The molecule has 7 nitrogen and oxygen atoms in total. The number of nitrogens with zero attached hydrogens (tertiary/aromatic N) is 1. The molecule has 2 saturated heterocycles. The summed E-state index contributed by atoms with van der Waals surface area (Å²) in [5.74, 6) is -0.811. The molecule has 1 amide bonds. The Morgan fingerprint density at radius 1 is 1.30 bits per heavy atom. The number of benzene rings is 1. The number of carbonyl (C=O) groups is 2. The number of piperidine rings is 1. The van der Waals surface area contributed by atoms with Gasteiger partial charge < -0.3 is 20.7 Å². The maximum atomic E-state index is 15.9. The highest BCUT2D eigenvalue weighted by Crippen LogP contribution is 2.65. The summed E-state index contributed by atoms with van der Waals surface area (Å²) in [5.41, 5.74) is 5.73. The van der Waals surface area contributed by atoms with Gasteiger partial charge >= 0.3 is 0 Å². The predicted molar refractivity (Wildman–Crippen MR) is 134 cm³/mol. The number of amides is 1. The monoisotopic (exact) mass is 508 g/mol. The molecule has 2 heterocycles. The molecule has 0 saturated carbocycles. The fraction of sp³-hybridized carbons (Fsp3) is 0.517. The highest BCUT2D eigenvalue weighted by atomic mass is 19.1. The number of likely N-dealkylation sites (tertiary alicyclic amines) is 1. The quantitative estimate of drug-likeness (QED) is 0.529. The lowest BCUT2D eigenvalue weighted by Crippen LogP contribution is -2.41. The molecule has 6 rings (SSSR count). The van der Waals surface area contributed by atoms with Gasteiger partial charge in [-0.25, -0.2) is 4.39 Å². The van der Waals surface area contributed by atoms with Gasteiger partial charge in [0.15, 0.2) is 17.1 Å². The minimum absolute atomic E-state index is 0.00227. The zero-order valence-electron chi connectivity index (χ0n) is 21.3. The van der Waals surface area contributed by atoms with E-state index in [0.29, 0.717) is 41.7 Å². The summed E-state index contributed by atoms with van der Waals surface area (Å²) in [6.45, 7) is 10.6. The molecule has 0 radical (unpaired) electrons. The minimum atomic E-state index is -1.04. The maximum absolute atomic E-state index is 15.9. The van der Waals surface area contributed by atoms with Gasteiger partial charge in [-0.2, -0.15) is 0 Å². The van der Waals surface area contributed by atoms with Gasteiger partial charge in [-0.05, 0) is 62.6 Å². The Labute approximate surface area is 215 Å². The maximum Gasteiger partial charge on any atom is 0.252 e. The molecule has 196 valence electrons. The van der Waals surface area contributed by atoms with E-state index < -0.39 is 23.1 Å². The van der Waals surface area contributed by atoms with Crippen LogP contribution in [0.25, 0.3) is 0 Å². The standard InChI is InChI=1S/C29H33FN2O5/c1-13(2)15-4-6-32(7-5-15)12-17-10-20(33)24-19(25(17)30)9-16-8-18-11-21(34)22(28(31)36)14(3)29(18)27(37-29)23(16)26(24)35/h10,13,15-16,18,33-34H,3-9,11-12H2,1-2H3,(H2,31,36)/t16?,18-,29-/m0/s1. The Bertz CT molecular complexity index is 1320. The second-order valence-electron chi connectivity index (χ2n) is 11.7. The van der Waals surface area contributed by atoms with Crippen LogP contribution in [0.3, 0.4) is 0 Å². The number of carbonyl (C=O) groups excluding carboxylic acids is 2. The number of ether oxygens (including phenoxy) is 1. The molecule has 3 aliphatic carbocycles. The number of nitrogens with two attached hydrogens (primary N) is 1. The highest BCUT2D eigenvalue weighted by molar-refractivity contribution is 6.14. The van der Waals surface area contributed by atoms with E-state index in [-0.39, 0.29) is 58.5 Å². The number of hydrogen-bond donors (Lipinski definition) is 3. The van der Waals surface area contributed by atoms with E-state index >= 15 is 4.39 Å². The molecule has 2 aliphatic heterocycles. The molecule has 1 aromatic carbocycles. The van der Waals surface area contributed by atoms with Gasteiger partial charge in [0.05, 0.1) is 11.1 Å². The van der Waals surface area contributed by atoms with Crippen molar-refractivity contribution >= 4 is 11.7 Å². The molecule has 8 heteroatoms. The molecular formula is C29H33FN2O5. The van der Waals surface area contributed by atoms with Crippen molar-refractivity contribution < 1.29 is 28.9 Å². The molecule has 37 heavy (non-hydrogen) atoms. The summed E-state index contributed by atoms with van der Waals surface area (Å²) in [7, 11) is 0. The van der Waals surface area contributed by atoms with Crippen molar-refractivity contribution in [3.05, 3.63) is 63.4 Å². The van der Waals surface area contributed by atoms with Crippen molar-refractivity contribution in [1.29, 1.82) is 0 Å². The number of allylic oxidation sites excluding steroid dienone is 2. The number of epoxide rings is 1. The van der Waals surface area contributed by atoms with Gasteiger partial charge in [0.25, 0.3) is 5.91 Å². The van der Waals surface area contributed by atoms with Crippen molar-refractivity contribution in [1.82, 2.24) is 4.90 Å². The van der Waals surface area contributed by atoms with Crippen LogP contribution in [0.2, 0.25) is 0 Å². The van der Waals surface area contributed by atoms with Crippen LogP contribution in [0.15, 0.2) is 40.9 Å². The third-order valence-corrected chi connectivity index (χ3v) is 9.39. The average Bonchev–Trinajstić information content (AvgIpc) is 3.58. The number of aliphatic hydroxyl groups is 1. The fourth-order valence-electron chi connectivity index (χ4n) is 7.32. The van der Waals surface area contributed by atoms with E-state index in [1.165, 1.54) is 6.07 Å². The molecule has 0 bridgehead atoms. The zero-order valence-corrected chi connectivity index (χ0v) is 21.3. The molecule has 0 aromatic heterocycles. The summed E-state index contributed by atoms with van der Waals surface area (Å²) in [4.78, 5) is 27.8. The van der Waals surface area contributed by atoms with Crippen molar-refractivity contribution in [2.75, 3.05) is 13.1 Å². The van der Waals surface area contributed by atoms with E-state index in [4.69, 9.17) is 10.5 Å². The lowest BCUT2D eigenvalue weighted by atomic mass is 9.62. The minimum Gasteiger partial charge on any atom is -0.511 e. The highest BCUT2D eigenvalue weighted by Gasteiger charge is 2.69. The molecule has 1 unspecified atom stereocenters. The fourth-order valence-corrected chi connectivity index (χ4v) is 7.32. The van der Waals surface area contributed by atoms with E-state index in [1.54, 1.807) is 0 Å². The Morgan fingerprint density at radius 3 is 2.65 bits per heavy atom. The third-order valence-electron chi connectivity index (χ3n) is 9.39. The number of aromatic hydroxyl groups is 1. The Morgan fingerprint density at radius 2 is 2.00 bits per heavy atom. The first kappa shape index (κ1) is 24.2. The summed E-state index contributed by atoms with van der Waals surface area (Å²) >= 11 is 0. The summed E-state index contributed by atoms with van der Waals surface area (Å²) in [6.07, 6.45) is 3.04. The molecule has 4 N–H and O–H groups in total. The predicted octanol–water partition coefficient (Wildman–Crippen LogP) is 4.05. The lowest BCUT2D eigenvalue weighted by Gasteiger charge is -2.38. The van der Waals surface area contributed by atoms with Crippen LogP contribution in [0.4, 0.5) is 4.39 Å². The van der Waals surface area contributed by atoms with Crippen LogP contribution in [0.1, 0.15) is 61.0 Å². The first-order valence-electron chi connectivity index (χ1n) is 13.2. The molecule has 2 fully saturated rings. The van der Waals surface area contributed by atoms with Crippen molar-refractivity contribution in [3.63, 3.8) is 0 Å². The number of halogens is 1. The number of rotatable bonds is 4. The van der Waals surface area contributed by atoms with Crippen molar-refractivity contribution in [3.8, 4) is 5.75 Å². The van der Waals surface area contributed by atoms with Crippen LogP contribution in [-0.2, 0) is 22.5 Å². The molecule has 5 aliphatic rings. The summed E-state index contributed by atoms with van der Waals surface area (Å²) < 4.78 is 21.9. The van der Waals surface area contributed by atoms with Crippen molar-refractivity contribution in [2.24, 2.45) is 29.4 Å². The summed E-state index contributed by atoms with van der Waals surface area (Å²) in [6, 6.07) is 1.40. The van der Waals surface area contributed by atoms with Crippen molar-refractivity contribution in [2.45, 2.75) is 58.1 Å². The second kappa shape index (κ2) is 8.18. The van der Waals surface area contributed by atoms with Gasteiger partial charge in [-0.3, -0.25) is 14.5 Å². The van der Waals surface area contributed by atoms with Crippen LogP contribution >= 0.6 is 0 Å². The Kier molecular flexibility index (Phi) is 5.36. The van der Waals surface area contributed by atoms with E-state index in [1.807, 2.05) is 0 Å². The van der Waals surface area contributed by atoms with Crippen LogP contribution < -0.4 is 5.73 Å². The molecule has 3 atom stereocenters. The topological polar surface area (TPSA) is 116 Å². The number of Topliss-reactive ketones (excluding diaryl/α,β-unsaturated/α-hetero) is 1. The van der Waals surface area contributed by atoms with E-state index in [9.17, 15) is 19.8 Å². The second-order valence-corrected chi connectivity index (χ2v) is 11.7. The first-order chi connectivity index (χ1) is 17.5. The molecule has 1 spiro atoms. The number of phenolic OH excluding ortho intramolecular Hbond substituents is 1. The SMILES string of the molecule is C=C1C(C(N)=O)=C(O)C[C@@H]2CC3Cc4c(F)c(CN5CCC(C(C)C)CC5)cc(O)c4C(=O)C3=C3O[C@]132. The number of phenols is 1. The Hall–Kier alpha value is -3.13. The normalized spacial score (nSPS) is 29.5. The Balaban J connectivity index is 1.32. The van der Waals surface area contributed by atoms with Crippen LogP contribution in [-0.4, -0.2) is 45.5 Å². The van der Waals surface area contributed by atoms with Gasteiger partial charge in [0, 0.05) is 41.2 Å². The van der Waals surface area contributed by atoms with Crippen LogP contribution in [0.5, 0.6) is 5.75 Å². The number of aliphatic hydroxyl groups excluding tert-OH is 1. The molecular weight excluding hydrogens is 475 g/mol. The molecule has 1 aromatic rings. The first-order valence-corrected chi connectivity index (χ1v) is 13.2. The van der Waals surface area contributed by atoms with Crippen LogP contribution in [0, 0.1) is 29.5 Å². The summed E-state index contributed by atoms with van der Waals surface area (Å²) in [5, 5.41) is 21.4. The smallest absolute Gasteiger partial charge is 0.252 e. The van der Waals surface area contributed by atoms with Gasteiger partial charge in [0.2, 0.25) is 0 Å². The number of primary amides is 1.